The van der Waals surface area contributed by atoms with Crippen molar-refractivity contribution in [1.29, 1.82) is 0 Å². The van der Waals surface area contributed by atoms with E-state index in [2.05, 4.69) is 25.6 Å². The van der Waals surface area contributed by atoms with Gasteiger partial charge in [-0.25, -0.2) is 12.8 Å². The molecule has 0 unspecified atom stereocenters. The molecule has 26 heavy (non-hydrogen) atoms. The highest BCUT2D eigenvalue weighted by atomic mass is 79.9. The Hall–Kier alpha value is -1.35. The van der Waals surface area contributed by atoms with Crippen molar-refractivity contribution in [2.75, 3.05) is 24.9 Å². The lowest BCUT2D eigenvalue weighted by molar-refractivity contribution is 0.208. The number of rotatable bonds is 5. The zero-order chi connectivity index (χ0) is 18.9. The highest BCUT2D eigenvalue weighted by Gasteiger charge is 2.23. The summed E-state index contributed by atoms with van der Waals surface area (Å²) in [7, 11) is -2.08. The summed E-state index contributed by atoms with van der Waals surface area (Å²) in [6, 6.07) is 8.32. The third-order valence-corrected chi connectivity index (χ3v) is 6.23. The van der Waals surface area contributed by atoms with Gasteiger partial charge in [-0.15, -0.1) is 0 Å². The lowest BCUT2D eigenvalue weighted by atomic mass is 10.3. The predicted octanol–water partition coefficient (Wildman–Crippen LogP) is 4.13. The fraction of sp³-hybridized carbons (Fsp3) is 0.294. The molecule has 1 heterocycles. The minimum atomic E-state index is -4.08. The van der Waals surface area contributed by atoms with Gasteiger partial charge < -0.3 is 9.64 Å². The highest BCUT2D eigenvalue weighted by molar-refractivity contribution is 9.10. The summed E-state index contributed by atoms with van der Waals surface area (Å²) < 4.78 is 47.6. The third kappa shape index (κ3) is 4.49. The Morgan fingerprint density at radius 1 is 1.31 bits per heavy atom. The van der Waals surface area contributed by atoms with Crippen LogP contribution in [0.4, 0.5) is 10.1 Å². The quantitative estimate of drug-likeness (QED) is 0.724. The Kier molecular flexibility index (Phi) is 5.76. The minimum absolute atomic E-state index is 0.00623. The van der Waals surface area contributed by atoms with Gasteiger partial charge in [0.05, 0.1) is 10.7 Å². The number of likely N-dealkylation sites (tertiary alicyclic amines) is 1. The average Bonchev–Trinajstić information content (AvgIpc) is 2.95. The van der Waals surface area contributed by atoms with Crippen molar-refractivity contribution >= 4 is 43.2 Å². The van der Waals surface area contributed by atoms with E-state index in [0.717, 1.165) is 25.6 Å². The zero-order valence-corrected chi connectivity index (χ0v) is 17.0. The first-order chi connectivity index (χ1) is 12.2. The topological polar surface area (TPSA) is 58.6 Å². The number of benzene rings is 2. The van der Waals surface area contributed by atoms with E-state index in [-0.39, 0.29) is 11.8 Å². The van der Waals surface area contributed by atoms with Crippen LogP contribution < -0.4 is 9.46 Å². The largest absolute Gasteiger partial charge is 0.487 e. The lowest BCUT2D eigenvalue weighted by Gasteiger charge is -2.16. The number of halogens is 3. The second-order valence-electron chi connectivity index (χ2n) is 6.12. The molecule has 3 rings (SSSR count). The molecule has 1 aliphatic heterocycles. The molecule has 1 aliphatic rings. The summed E-state index contributed by atoms with van der Waals surface area (Å²) >= 11 is 9.26. The van der Waals surface area contributed by atoms with Crippen LogP contribution in [0.1, 0.15) is 6.42 Å². The molecule has 1 N–H and O–H groups in total. The highest BCUT2D eigenvalue weighted by Crippen LogP contribution is 2.31. The molecule has 0 aromatic heterocycles. The van der Waals surface area contributed by atoms with Crippen molar-refractivity contribution in [3.8, 4) is 5.75 Å². The maximum atomic E-state index is 14.0. The first-order valence-electron chi connectivity index (χ1n) is 7.87. The van der Waals surface area contributed by atoms with Gasteiger partial charge in [0.2, 0.25) is 0 Å². The van der Waals surface area contributed by atoms with Crippen molar-refractivity contribution in [2.45, 2.75) is 17.4 Å². The number of sulfonamides is 1. The Morgan fingerprint density at radius 2 is 2.08 bits per heavy atom. The maximum absolute atomic E-state index is 14.0. The molecule has 0 spiro atoms. The second-order valence-corrected chi connectivity index (χ2v) is 9.09. The van der Waals surface area contributed by atoms with Gasteiger partial charge in [0.1, 0.15) is 22.6 Å². The molecule has 0 amide bonds. The van der Waals surface area contributed by atoms with E-state index < -0.39 is 20.7 Å². The summed E-state index contributed by atoms with van der Waals surface area (Å²) in [5.74, 6) is -0.449. The van der Waals surface area contributed by atoms with Gasteiger partial charge in [0.25, 0.3) is 10.0 Å². The van der Waals surface area contributed by atoms with Crippen LogP contribution >= 0.6 is 27.5 Å². The normalized spacial score (nSPS) is 18.1. The summed E-state index contributed by atoms with van der Waals surface area (Å²) in [6.07, 6.45) is 0.862. The Morgan fingerprint density at radius 3 is 2.73 bits per heavy atom. The van der Waals surface area contributed by atoms with Gasteiger partial charge in [-0.2, -0.15) is 0 Å². The standard InChI is InChI=1S/C17H17BrClFN2O3S/c1-22-7-6-13(10-22)25-16-9-12(3-4-14(16)19)21-26(23,24)17-5-2-11(18)8-15(17)20/h2-5,8-9,13,21H,6-7,10H2,1H3/t13-/m1/s1. The third-order valence-electron chi connectivity index (χ3n) is 4.01. The van der Waals surface area contributed by atoms with Crippen LogP contribution in [-0.4, -0.2) is 39.6 Å². The van der Waals surface area contributed by atoms with Gasteiger partial charge in [0, 0.05) is 23.6 Å². The average molecular weight is 464 g/mol. The number of hydrogen-bond acceptors (Lipinski definition) is 4. The van der Waals surface area contributed by atoms with E-state index in [1.165, 1.54) is 24.3 Å². The van der Waals surface area contributed by atoms with Crippen LogP contribution in [0.15, 0.2) is 45.8 Å². The van der Waals surface area contributed by atoms with Crippen LogP contribution in [-0.2, 0) is 10.0 Å². The first-order valence-corrected chi connectivity index (χ1v) is 10.5. The van der Waals surface area contributed by atoms with Crippen molar-refractivity contribution in [3.63, 3.8) is 0 Å². The maximum Gasteiger partial charge on any atom is 0.264 e. The number of anilines is 1. The molecule has 2 aromatic rings. The van der Waals surface area contributed by atoms with Gasteiger partial charge in [0.15, 0.2) is 0 Å². The Balaban J connectivity index is 1.82. The molecule has 0 saturated carbocycles. The fourth-order valence-electron chi connectivity index (χ4n) is 2.73. The molecule has 140 valence electrons. The molecule has 2 aromatic carbocycles. The van der Waals surface area contributed by atoms with Gasteiger partial charge in [-0.05, 0) is 43.8 Å². The van der Waals surface area contributed by atoms with Crippen LogP contribution in [0.2, 0.25) is 5.02 Å². The fourth-order valence-corrected chi connectivity index (χ4v) is 4.34. The Bertz CT molecular complexity index is 926. The summed E-state index contributed by atoms with van der Waals surface area (Å²) in [6.45, 7) is 1.70. The van der Waals surface area contributed by atoms with Gasteiger partial charge in [-0.1, -0.05) is 27.5 Å². The zero-order valence-electron chi connectivity index (χ0n) is 13.9. The lowest BCUT2D eigenvalue weighted by Crippen LogP contribution is -2.21. The number of ether oxygens (including phenoxy) is 1. The van der Waals surface area contributed by atoms with Crippen molar-refractivity contribution in [1.82, 2.24) is 4.90 Å². The van der Waals surface area contributed by atoms with E-state index in [1.807, 2.05) is 7.05 Å². The number of hydrogen-bond donors (Lipinski definition) is 1. The van der Waals surface area contributed by atoms with Gasteiger partial charge in [-0.3, -0.25) is 4.72 Å². The van der Waals surface area contributed by atoms with E-state index >= 15 is 0 Å². The molecule has 1 saturated heterocycles. The van der Waals surface area contributed by atoms with Crippen LogP contribution in [0, 0.1) is 5.82 Å². The molecule has 0 bridgehead atoms. The number of likely N-dealkylation sites (N-methyl/N-ethyl adjacent to an activating group) is 1. The molecule has 1 atom stereocenters. The van der Waals surface area contributed by atoms with E-state index in [9.17, 15) is 12.8 Å². The van der Waals surface area contributed by atoms with Crippen LogP contribution in [0.5, 0.6) is 5.75 Å². The van der Waals surface area contributed by atoms with Crippen LogP contribution in [0.3, 0.4) is 0 Å². The molecule has 5 nitrogen and oxygen atoms in total. The molecule has 0 aliphatic carbocycles. The predicted molar refractivity (Wildman–Crippen MR) is 103 cm³/mol. The van der Waals surface area contributed by atoms with E-state index in [4.69, 9.17) is 16.3 Å². The molecule has 1 fully saturated rings. The smallest absolute Gasteiger partial charge is 0.264 e. The Labute approximate surface area is 165 Å². The van der Waals surface area contributed by atoms with Crippen molar-refractivity contribution in [2.24, 2.45) is 0 Å². The second kappa shape index (κ2) is 7.72. The summed E-state index contributed by atoms with van der Waals surface area (Å²) in [4.78, 5) is 1.71. The van der Waals surface area contributed by atoms with Crippen molar-refractivity contribution < 1.29 is 17.5 Å². The monoisotopic (exact) mass is 462 g/mol. The van der Waals surface area contributed by atoms with Gasteiger partial charge >= 0.3 is 0 Å². The van der Waals surface area contributed by atoms with Crippen LogP contribution in [0.25, 0.3) is 0 Å². The first kappa shape index (κ1) is 19.4. The SMILES string of the molecule is CN1CC[C@@H](Oc2cc(NS(=O)(=O)c3ccc(Br)cc3F)ccc2Cl)C1. The minimum Gasteiger partial charge on any atom is -0.487 e. The molecular formula is C17H17BrClFN2O3S. The van der Waals surface area contributed by atoms with E-state index in [0.29, 0.717) is 15.2 Å². The van der Waals surface area contributed by atoms with E-state index in [1.54, 1.807) is 6.07 Å². The summed E-state index contributed by atoms with van der Waals surface area (Å²) in [5.41, 5.74) is 0.248. The molecule has 0 radical (unpaired) electrons. The number of nitrogens with one attached hydrogen (secondary N) is 1. The molecular weight excluding hydrogens is 447 g/mol. The molecule has 9 heteroatoms. The summed E-state index contributed by atoms with van der Waals surface area (Å²) in [5, 5.41) is 0.386. The van der Waals surface area contributed by atoms with Crippen molar-refractivity contribution in [3.05, 3.63) is 51.7 Å². The number of nitrogens with zero attached hydrogens (tertiary/aromatic N) is 1.